The normalized spacial score (nSPS) is 26.2. The second kappa shape index (κ2) is 13.0. The summed E-state index contributed by atoms with van der Waals surface area (Å²) in [6, 6.07) is -1.16. The van der Waals surface area contributed by atoms with Gasteiger partial charge in [0.15, 0.2) is 0 Å². The number of nitrogens with one attached hydrogen (secondary N) is 2. The summed E-state index contributed by atoms with van der Waals surface area (Å²) in [5.41, 5.74) is 6.97. The lowest BCUT2D eigenvalue weighted by atomic mass is 9.92. The van der Waals surface area contributed by atoms with Crippen LogP contribution in [-0.2, 0) is 25.6 Å². The summed E-state index contributed by atoms with van der Waals surface area (Å²) in [4.78, 5) is 61.8. The second-order valence-corrected chi connectivity index (χ2v) is 14.2. The largest absolute Gasteiger partial charge is 0.356 e. The minimum absolute atomic E-state index is 0.0190. The molecule has 10 nitrogen and oxygen atoms in total. The van der Waals surface area contributed by atoms with Gasteiger partial charge in [-0.2, -0.15) is 0 Å². The van der Waals surface area contributed by atoms with Crippen molar-refractivity contribution < 1.29 is 19.2 Å². The Balaban J connectivity index is 1.46. The Labute approximate surface area is 241 Å². The molecule has 0 spiro atoms. The van der Waals surface area contributed by atoms with Crippen LogP contribution in [-0.4, -0.2) is 82.7 Å². The average Bonchev–Trinajstić information content (AvgIpc) is 3.44. The molecule has 1 aromatic heterocycles. The van der Waals surface area contributed by atoms with Gasteiger partial charge < -0.3 is 26.2 Å². The highest BCUT2D eigenvalue weighted by atomic mass is 32.1. The summed E-state index contributed by atoms with van der Waals surface area (Å²) in [6.45, 7) is 10.3. The molecule has 4 aliphatic heterocycles. The van der Waals surface area contributed by atoms with E-state index in [4.69, 9.17) is 10.7 Å². The number of carbonyl (C=O) groups excluding carboxylic acids is 4. The van der Waals surface area contributed by atoms with Gasteiger partial charge in [0.05, 0.1) is 17.1 Å². The predicted molar refractivity (Wildman–Crippen MR) is 155 cm³/mol. The number of rotatable bonds is 6. The topological polar surface area (TPSA) is 138 Å². The molecule has 1 aromatic rings. The van der Waals surface area contributed by atoms with Gasteiger partial charge in [-0.3, -0.25) is 19.2 Å². The molecular weight excluding hydrogens is 528 g/mol. The van der Waals surface area contributed by atoms with Gasteiger partial charge in [-0.15, -0.1) is 11.3 Å². The van der Waals surface area contributed by atoms with Gasteiger partial charge in [0.1, 0.15) is 6.04 Å². The number of fused-ring (bicyclic) bond motifs is 7. The van der Waals surface area contributed by atoms with E-state index in [1.165, 1.54) is 0 Å². The molecule has 2 saturated heterocycles. The molecule has 40 heavy (non-hydrogen) atoms. The van der Waals surface area contributed by atoms with Crippen LogP contribution in [0.25, 0.3) is 0 Å². The first kappa shape index (κ1) is 30.4. The number of nitrogens with two attached hydrogens (primary N) is 1. The molecule has 4 N–H and O–H groups in total. The van der Waals surface area contributed by atoms with Crippen molar-refractivity contribution in [2.45, 2.75) is 110 Å². The minimum Gasteiger partial charge on any atom is -0.356 e. The van der Waals surface area contributed by atoms with Gasteiger partial charge in [0.2, 0.25) is 23.6 Å². The quantitative estimate of drug-likeness (QED) is 0.446. The molecular formula is C29H46N6O4S. The number of aryl methyl sites for hydroxylation is 1. The van der Waals surface area contributed by atoms with Crippen molar-refractivity contribution >= 4 is 35.0 Å². The summed E-state index contributed by atoms with van der Waals surface area (Å²) >= 11 is 1.65. The third-order valence-electron chi connectivity index (χ3n) is 8.11. The van der Waals surface area contributed by atoms with E-state index < -0.39 is 6.04 Å². The maximum Gasteiger partial charge on any atom is 0.245 e. The Hall–Kier alpha value is -2.53. The first-order chi connectivity index (χ1) is 18.9. The number of amides is 4. The van der Waals surface area contributed by atoms with Gasteiger partial charge in [-0.05, 0) is 50.9 Å². The SMILES string of the molecule is Cc1sc2nc1CC(=O)N[C@@H](CCCCNC(=O)CC(C)(C)C)CC(=O)N1C[C@@H](N)C[C@H]1C(=O)N1CCC2CC1. The fraction of sp³-hybridized carbons (Fsp3) is 0.759. The number of nitrogens with zero attached hydrogens (tertiary/aromatic N) is 3. The predicted octanol–water partition coefficient (Wildman–Crippen LogP) is 2.24. The lowest BCUT2D eigenvalue weighted by Gasteiger charge is -2.35. The Morgan fingerprint density at radius 1 is 1.18 bits per heavy atom. The van der Waals surface area contributed by atoms with Crippen molar-refractivity contribution in [2.24, 2.45) is 11.1 Å². The first-order valence-corrected chi connectivity index (χ1v) is 15.6. The maximum absolute atomic E-state index is 13.5. The van der Waals surface area contributed by atoms with Crippen molar-refractivity contribution in [1.82, 2.24) is 25.4 Å². The zero-order valence-electron chi connectivity index (χ0n) is 24.5. The lowest BCUT2D eigenvalue weighted by Crippen LogP contribution is -2.51. The van der Waals surface area contributed by atoms with Crippen LogP contribution in [0.1, 0.15) is 93.6 Å². The molecule has 4 amide bonds. The molecule has 2 fully saturated rings. The summed E-state index contributed by atoms with van der Waals surface area (Å²) in [6.07, 6.45) is 4.97. The molecule has 0 radical (unpaired) electrons. The number of aromatic nitrogens is 1. The van der Waals surface area contributed by atoms with E-state index in [0.717, 1.165) is 41.3 Å². The lowest BCUT2D eigenvalue weighted by molar-refractivity contribution is -0.145. The van der Waals surface area contributed by atoms with E-state index >= 15 is 0 Å². The van der Waals surface area contributed by atoms with E-state index in [-0.39, 0.29) is 59.9 Å². The molecule has 4 aliphatic rings. The number of hydrogen-bond acceptors (Lipinski definition) is 7. The molecule has 0 unspecified atom stereocenters. The van der Waals surface area contributed by atoms with Crippen LogP contribution < -0.4 is 16.4 Å². The van der Waals surface area contributed by atoms with E-state index in [2.05, 4.69) is 10.6 Å². The highest BCUT2D eigenvalue weighted by Gasteiger charge is 2.41. The third-order valence-corrected chi connectivity index (χ3v) is 9.29. The van der Waals surface area contributed by atoms with Crippen molar-refractivity contribution in [3.05, 3.63) is 15.6 Å². The first-order valence-electron chi connectivity index (χ1n) is 14.8. The Bertz CT molecular complexity index is 1090. The molecule has 3 atom stereocenters. The summed E-state index contributed by atoms with van der Waals surface area (Å²) in [7, 11) is 0. The van der Waals surface area contributed by atoms with Crippen LogP contribution in [0.3, 0.4) is 0 Å². The monoisotopic (exact) mass is 574 g/mol. The molecule has 0 aromatic carbocycles. The van der Waals surface area contributed by atoms with Gasteiger partial charge in [0, 0.05) is 61.9 Å². The fourth-order valence-corrected chi connectivity index (χ4v) is 7.10. The van der Waals surface area contributed by atoms with Crippen molar-refractivity contribution in [3.63, 3.8) is 0 Å². The van der Waals surface area contributed by atoms with Gasteiger partial charge >= 0.3 is 0 Å². The molecule has 222 valence electrons. The smallest absolute Gasteiger partial charge is 0.245 e. The fourth-order valence-electron chi connectivity index (χ4n) is 6.00. The molecule has 5 heterocycles. The Kier molecular flexibility index (Phi) is 9.87. The van der Waals surface area contributed by atoms with Gasteiger partial charge in [-0.1, -0.05) is 20.8 Å². The van der Waals surface area contributed by atoms with Gasteiger partial charge in [-0.25, -0.2) is 4.98 Å². The van der Waals surface area contributed by atoms with Crippen LogP contribution in [0, 0.1) is 12.3 Å². The summed E-state index contributed by atoms with van der Waals surface area (Å²) in [5.74, 6) is -0.00981. The van der Waals surface area contributed by atoms with E-state index in [0.29, 0.717) is 45.4 Å². The molecule has 0 saturated carbocycles. The van der Waals surface area contributed by atoms with Crippen LogP contribution in [0.5, 0.6) is 0 Å². The summed E-state index contributed by atoms with van der Waals surface area (Å²) in [5, 5.41) is 7.10. The van der Waals surface area contributed by atoms with Crippen molar-refractivity contribution in [1.29, 1.82) is 0 Å². The molecule has 11 heteroatoms. The van der Waals surface area contributed by atoms with E-state index in [1.54, 1.807) is 16.2 Å². The summed E-state index contributed by atoms with van der Waals surface area (Å²) < 4.78 is 0. The zero-order chi connectivity index (χ0) is 29.0. The van der Waals surface area contributed by atoms with Crippen LogP contribution >= 0.6 is 11.3 Å². The number of carbonyl (C=O) groups is 4. The number of thiazole rings is 1. The Morgan fingerprint density at radius 3 is 2.60 bits per heavy atom. The molecule has 4 bridgehead atoms. The van der Waals surface area contributed by atoms with E-state index in [1.807, 2.05) is 32.6 Å². The molecule has 5 rings (SSSR count). The van der Waals surface area contributed by atoms with E-state index in [9.17, 15) is 19.2 Å². The number of piperidine rings is 1. The highest BCUT2D eigenvalue weighted by Crippen LogP contribution is 2.34. The van der Waals surface area contributed by atoms with Gasteiger partial charge in [0.25, 0.3) is 0 Å². The van der Waals surface area contributed by atoms with Crippen molar-refractivity contribution in [2.75, 3.05) is 26.2 Å². The highest BCUT2D eigenvalue weighted by molar-refractivity contribution is 7.11. The zero-order valence-corrected chi connectivity index (χ0v) is 25.3. The average molecular weight is 575 g/mol. The Morgan fingerprint density at radius 2 is 1.90 bits per heavy atom. The van der Waals surface area contributed by atoms with Crippen LogP contribution in [0.2, 0.25) is 0 Å². The minimum atomic E-state index is -0.546. The van der Waals surface area contributed by atoms with Crippen LogP contribution in [0.15, 0.2) is 0 Å². The maximum atomic E-state index is 13.5. The third kappa shape index (κ3) is 8.02. The number of hydrogen-bond donors (Lipinski definition) is 3. The van der Waals surface area contributed by atoms with Crippen LogP contribution in [0.4, 0.5) is 0 Å². The van der Waals surface area contributed by atoms with Crippen molar-refractivity contribution in [3.8, 4) is 0 Å². The standard InChI is InChI=1S/C29H46N6O4S/c1-18-22-15-24(36)32-21(7-5-6-10-31-25(37)16-29(2,3)4)14-26(38)35-17-20(30)13-23(35)28(39)34-11-8-19(9-12-34)27(33-22)40-18/h19-21,23H,5-17,30H2,1-4H3,(H,31,37)(H,32,36)/t20-,21-,23-/m0/s1. The second-order valence-electron chi connectivity index (χ2n) is 12.9. The number of unbranched alkanes of at least 4 members (excludes halogenated alkanes) is 1. The molecule has 0 aliphatic carbocycles.